The number of carbonyl (C=O) groups excluding carboxylic acids is 3. The van der Waals surface area contributed by atoms with Gasteiger partial charge in [0.1, 0.15) is 18.3 Å². The molecule has 0 aromatic carbocycles. The van der Waals surface area contributed by atoms with Gasteiger partial charge in [-0.15, -0.1) is 0 Å². The summed E-state index contributed by atoms with van der Waals surface area (Å²) in [6.07, 6.45) is -2.60. The second kappa shape index (κ2) is 7.90. The van der Waals surface area contributed by atoms with Crippen LogP contribution in [0.15, 0.2) is 23.8 Å². The molecule has 9 heteroatoms. The zero-order chi connectivity index (χ0) is 25.4. The van der Waals surface area contributed by atoms with Crippen molar-refractivity contribution < 1.29 is 43.5 Å². The number of rotatable bonds is 4. The number of hydrogen-bond acceptors (Lipinski definition) is 9. The minimum Gasteiger partial charge on any atom is -0.458 e. The van der Waals surface area contributed by atoms with Crippen molar-refractivity contribution in [1.82, 2.24) is 0 Å². The molecule has 2 aliphatic heterocycles. The van der Waals surface area contributed by atoms with E-state index in [0.29, 0.717) is 5.57 Å². The van der Waals surface area contributed by atoms with Crippen molar-refractivity contribution in [2.45, 2.75) is 96.1 Å². The van der Waals surface area contributed by atoms with Crippen LogP contribution in [0.3, 0.4) is 0 Å². The van der Waals surface area contributed by atoms with E-state index in [-0.39, 0.29) is 24.5 Å². The van der Waals surface area contributed by atoms with Crippen LogP contribution in [0.5, 0.6) is 0 Å². The highest BCUT2D eigenvalue weighted by atomic mass is 16.7. The third kappa shape index (κ3) is 3.43. The van der Waals surface area contributed by atoms with E-state index in [0.717, 1.165) is 0 Å². The highest BCUT2D eigenvalue weighted by Crippen LogP contribution is 2.60. The van der Waals surface area contributed by atoms with Crippen molar-refractivity contribution in [3.8, 4) is 0 Å². The lowest BCUT2D eigenvalue weighted by Gasteiger charge is -2.61. The number of esters is 3. The first-order chi connectivity index (χ1) is 15.7. The Morgan fingerprint density at radius 2 is 1.85 bits per heavy atom. The highest BCUT2D eigenvalue weighted by Gasteiger charge is 2.72. The summed E-state index contributed by atoms with van der Waals surface area (Å²) in [5.41, 5.74) is -3.41. The molecule has 4 aliphatic rings. The van der Waals surface area contributed by atoms with E-state index in [4.69, 9.17) is 18.9 Å². The first-order valence-corrected chi connectivity index (χ1v) is 11.7. The fourth-order valence-electron chi connectivity index (χ4n) is 6.10. The number of fused-ring (bicyclic) bond motifs is 3. The third-order valence-corrected chi connectivity index (χ3v) is 8.62. The minimum absolute atomic E-state index is 0.0689. The predicted molar refractivity (Wildman–Crippen MR) is 118 cm³/mol. The summed E-state index contributed by atoms with van der Waals surface area (Å²) in [6.45, 7) is 13.8. The molecule has 2 saturated carbocycles. The fourth-order valence-corrected chi connectivity index (χ4v) is 6.10. The second-order valence-corrected chi connectivity index (χ2v) is 10.7. The minimum atomic E-state index is -1.35. The van der Waals surface area contributed by atoms with Gasteiger partial charge in [0.2, 0.25) is 0 Å². The Bertz CT molecular complexity index is 967. The molecule has 188 valence electrons. The van der Waals surface area contributed by atoms with E-state index in [1.807, 2.05) is 0 Å². The van der Waals surface area contributed by atoms with Crippen LogP contribution in [0, 0.1) is 17.3 Å². The van der Waals surface area contributed by atoms with Gasteiger partial charge in [-0.1, -0.05) is 19.6 Å². The quantitative estimate of drug-likeness (QED) is 0.268. The van der Waals surface area contributed by atoms with E-state index < -0.39 is 70.8 Å². The fraction of sp³-hybridized carbons (Fsp3) is 0.720. The summed E-state index contributed by atoms with van der Waals surface area (Å²) in [6, 6.07) is 0. The van der Waals surface area contributed by atoms with Gasteiger partial charge in [0.05, 0.1) is 23.7 Å². The Balaban J connectivity index is 1.85. The van der Waals surface area contributed by atoms with Gasteiger partial charge in [0.15, 0.2) is 5.60 Å². The standard InChI is InChI=1S/C25H34O9/c1-8-11(2)20(27)33-19-17(32-22(29)25(7)13(4)34-25)15-12(3)21(28)31-16(15)18-23(5,30)10-9-14(26)24(18,19)6/h8,13-19,26,30H,3,9-10H2,1-2,4-7H3. The molecule has 0 aromatic heterocycles. The van der Waals surface area contributed by atoms with Crippen molar-refractivity contribution in [2.24, 2.45) is 17.3 Å². The maximum Gasteiger partial charge on any atom is 0.341 e. The van der Waals surface area contributed by atoms with Gasteiger partial charge in [-0.25, -0.2) is 14.4 Å². The number of aliphatic hydroxyl groups excluding tert-OH is 1. The average Bonchev–Trinajstić information content (AvgIpc) is 3.29. The smallest absolute Gasteiger partial charge is 0.341 e. The zero-order valence-electron chi connectivity index (χ0n) is 20.5. The summed E-state index contributed by atoms with van der Waals surface area (Å²) in [7, 11) is 0. The van der Waals surface area contributed by atoms with Gasteiger partial charge in [-0.2, -0.15) is 0 Å². The number of epoxide rings is 1. The number of carbonyl (C=O) groups is 3. The van der Waals surface area contributed by atoms with Crippen LogP contribution >= 0.6 is 0 Å². The molecular formula is C25H34O9. The molecule has 2 saturated heterocycles. The molecule has 0 aromatic rings. The third-order valence-electron chi connectivity index (χ3n) is 8.62. The molecule has 0 spiro atoms. The molecule has 0 bridgehead atoms. The normalized spacial score (nSPS) is 47.9. The molecule has 10 unspecified atom stereocenters. The molecule has 2 heterocycles. The van der Waals surface area contributed by atoms with Gasteiger partial charge in [0.25, 0.3) is 0 Å². The summed E-state index contributed by atoms with van der Waals surface area (Å²) in [4.78, 5) is 38.7. The molecule has 34 heavy (non-hydrogen) atoms. The lowest BCUT2D eigenvalue weighted by Crippen LogP contribution is -2.72. The number of hydrogen-bond donors (Lipinski definition) is 2. The van der Waals surface area contributed by atoms with Gasteiger partial charge < -0.3 is 29.2 Å². The lowest BCUT2D eigenvalue weighted by molar-refractivity contribution is -0.277. The molecule has 0 amide bonds. The van der Waals surface area contributed by atoms with Crippen molar-refractivity contribution >= 4 is 17.9 Å². The van der Waals surface area contributed by atoms with Crippen molar-refractivity contribution in [2.75, 3.05) is 0 Å². The topological polar surface area (TPSA) is 132 Å². The molecular weight excluding hydrogens is 444 g/mol. The van der Waals surface area contributed by atoms with Crippen LogP contribution in [0.2, 0.25) is 0 Å². The summed E-state index contributed by atoms with van der Waals surface area (Å²) < 4.78 is 23.0. The Hall–Kier alpha value is -2.23. The Kier molecular flexibility index (Phi) is 5.78. The largest absolute Gasteiger partial charge is 0.458 e. The second-order valence-electron chi connectivity index (χ2n) is 10.7. The van der Waals surface area contributed by atoms with Crippen molar-refractivity contribution in [1.29, 1.82) is 0 Å². The Morgan fingerprint density at radius 3 is 2.41 bits per heavy atom. The van der Waals surface area contributed by atoms with Gasteiger partial charge in [-0.3, -0.25) is 0 Å². The molecule has 10 atom stereocenters. The maximum atomic E-state index is 13.1. The van der Waals surface area contributed by atoms with Gasteiger partial charge in [-0.05, 0) is 47.5 Å². The monoisotopic (exact) mass is 478 g/mol. The van der Waals surface area contributed by atoms with Crippen molar-refractivity contribution in [3.05, 3.63) is 23.8 Å². The summed E-state index contributed by atoms with van der Waals surface area (Å²) >= 11 is 0. The van der Waals surface area contributed by atoms with E-state index >= 15 is 0 Å². The van der Waals surface area contributed by atoms with Crippen LogP contribution in [-0.2, 0) is 33.3 Å². The molecule has 4 rings (SSSR count). The Labute approximate surface area is 199 Å². The zero-order valence-corrected chi connectivity index (χ0v) is 20.5. The maximum absolute atomic E-state index is 13.1. The SMILES string of the molecule is C=C1C(=O)OC2C1C(OC(=O)C1(C)OC1C)C(OC(=O)C(C)=CC)C1(C)C(O)CCC(C)(O)C21. The van der Waals surface area contributed by atoms with Crippen LogP contribution in [-0.4, -0.2) is 69.8 Å². The van der Waals surface area contributed by atoms with Crippen LogP contribution < -0.4 is 0 Å². The van der Waals surface area contributed by atoms with Crippen LogP contribution in [0.25, 0.3) is 0 Å². The van der Waals surface area contributed by atoms with E-state index in [1.54, 1.807) is 47.6 Å². The van der Waals surface area contributed by atoms with Gasteiger partial charge in [0, 0.05) is 22.5 Å². The summed E-state index contributed by atoms with van der Waals surface area (Å²) in [5, 5.41) is 22.7. The predicted octanol–water partition coefficient (Wildman–Crippen LogP) is 1.59. The van der Waals surface area contributed by atoms with Crippen molar-refractivity contribution in [3.63, 3.8) is 0 Å². The molecule has 0 radical (unpaired) electrons. The van der Waals surface area contributed by atoms with E-state index in [2.05, 4.69) is 6.58 Å². The van der Waals surface area contributed by atoms with E-state index in [1.165, 1.54) is 0 Å². The Morgan fingerprint density at radius 1 is 1.24 bits per heavy atom. The number of allylic oxidation sites excluding steroid dienone is 1. The first kappa shape index (κ1) is 24.9. The van der Waals surface area contributed by atoms with Gasteiger partial charge >= 0.3 is 17.9 Å². The molecule has 2 N–H and O–H groups in total. The van der Waals surface area contributed by atoms with Crippen LogP contribution in [0.1, 0.15) is 54.4 Å². The molecule has 2 aliphatic carbocycles. The van der Waals surface area contributed by atoms with Crippen LogP contribution in [0.4, 0.5) is 0 Å². The average molecular weight is 479 g/mol. The lowest BCUT2D eigenvalue weighted by atomic mass is 9.49. The van der Waals surface area contributed by atoms with E-state index in [9.17, 15) is 24.6 Å². The molecule has 9 nitrogen and oxygen atoms in total. The number of aliphatic hydroxyl groups is 2. The first-order valence-electron chi connectivity index (χ1n) is 11.7. The number of ether oxygens (including phenoxy) is 4. The molecule has 4 fully saturated rings. The highest BCUT2D eigenvalue weighted by molar-refractivity contribution is 5.92. The summed E-state index contributed by atoms with van der Waals surface area (Å²) in [5.74, 6) is -3.66.